The molecule has 1 aliphatic heterocycles. The standard InChI is InChI=1S/C20H27N3O3/c24-15-2-1-3-23(11-15)18(26)16-10-21-19(22-17(16)25)20-7-12-4-13(8-20)6-14(5-12)9-20/h10,12-15,24H,1-9,11H2,(H,21,22,25)/t12?,13?,14?,15-,20?/m1/s1. The Morgan fingerprint density at radius 1 is 1.19 bits per heavy atom. The number of β-amino-alcohol motifs (C(OH)–C–C–N with tert-alkyl or cyclic N) is 1. The van der Waals surface area contributed by atoms with Crippen molar-refractivity contribution < 1.29 is 9.90 Å². The molecule has 6 rings (SSSR count). The highest BCUT2D eigenvalue weighted by atomic mass is 16.3. The van der Waals surface area contributed by atoms with Crippen LogP contribution >= 0.6 is 0 Å². The Kier molecular flexibility index (Phi) is 3.75. The minimum absolute atomic E-state index is 0.0246. The molecule has 0 radical (unpaired) electrons. The van der Waals surface area contributed by atoms with Gasteiger partial charge in [0.2, 0.25) is 0 Å². The minimum Gasteiger partial charge on any atom is -0.391 e. The van der Waals surface area contributed by atoms with Crippen molar-refractivity contribution in [3.8, 4) is 0 Å². The van der Waals surface area contributed by atoms with Gasteiger partial charge < -0.3 is 15.0 Å². The molecule has 5 fully saturated rings. The first-order valence-corrected chi connectivity index (χ1v) is 10.1. The summed E-state index contributed by atoms with van der Waals surface area (Å²) in [6, 6.07) is 0. The largest absolute Gasteiger partial charge is 0.391 e. The lowest BCUT2D eigenvalue weighted by Crippen LogP contribution is -2.50. The molecule has 26 heavy (non-hydrogen) atoms. The highest BCUT2D eigenvalue weighted by Gasteiger charge is 2.53. The van der Waals surface area contributed by atoms with Crippen molar-refractivity contribution in [1.29, 1.82) is 0 Å². The molecule has 0 spiro atoms. The first kappa shape index (κ1) is 16.5. The maximum absolute atomic E-state index is 12.7. The van der Waals surface area contributed by atoms with Crippen LogP contribution in [0, 0.1) is 17.8 Å². The lowest BCUT2D eigenvalue weighted by Gasteiger charge is -2.56. The Balaban J connectivity index is 1.42. The summed E-state index contributed by atoms with van der Waals surface area (Å²) in [5, 5.41) is 9.79. The summed E-state index contributed by atoms with van der Waals surface area (Å²) in [6.45, 7) is 0.890. The summed E-state index contributed by atoms with van der Waals surface area (Å²) in [5.41, 5.74) is -0.194. The molecule has 1 saturated heterocycles. The maximum Gasteiger partial charge on any atom is 0.263 e. The molecule has 1 aromatic heterocycles. The van der Waals surface area contributed by atoms with Crippen molar-refractivity contribution in [2.24, 2.45) is 17.8 Å². The van der Waals surface area contributed by atoms with E-state index in [0.29, 0.717) is 19.5 Å². The van der Waals surface area contributed by atoms with E-state index in [1.165, 1.54) is 25.5 Å². The van der Waals surface area contributed by atoms with Gasteiger partial charge in [-0.05, 0) is 69.1 Å². The number of piperidine rings is 1. The summed E-state index contributed by atoms with van der Waals surface area (Å²) >= 11 is 0. The Morgan fingerprint density at radius 2 is 1.85 bits per heavy atom. The van der Waals surface area contributed by atoms with Crippen molar-refractivity contribution in [2.45, 2.75) is 62.9 Å². The van der Waals surface area contributed by atoms with E-state index in [2.05, 4.69) is 9.97 Å². The molecular weight excluding hydrogens is 330 g/mol. The van der Waals surface area contributed by atoms with Gasteiger partial charge in [0, 0.05) is 24.7 Å². The van der Waals surface area contributed by atoms with Crippen LogP contribution < -0.4 is 5.56 Å². The molecule has 2 N–H and O–H groups in total. The third kappa shape index (κ3) is 2.61. The summed E-state index contributed by atoms with van der Waals surface area (Å²) in [4.78, 5) is 34.5. The van der Waals surface area contributed by atoms with E-state index in [-0.39, 0.29) is 22.4 Å². The van der Waals surface area contributed by atoms with E-state index >= 15 is 0 Å². The van der Waals surface area contributed by atoms with Crippen molar-refractivity contribution in [3.05, 3.63) is 27.9 Å². The molecule has 4 saturated carbocycles. The average molecular weight is 357 g/mol. The number of aromatic amines is 1. The molecule has 1 atom stereocenters. The summed E-state index contributed by atoms with van der Waals surface area (Å²) in [7, 11) is 0. The fourth-order valence-corrected chi connectivity index (χ4v) is 6.53. The van der Waals surface area contributed by atoms with Crippen molar-refractivity contribution in [2.75, 3.05) is 13.1 Å². The number of likely N-dealkylation sites (tertiary alicyclic amines) is 1. The van der Waals surface area contributed by atoms with Crippen LogP contribution in [0.15, 0.2) is 11.0 Å². The molecule has 6 heteroatoms. The van der Waals surface area contributed by atoms with E-state index in [0.717, 1.165) is 49.3 Å². The van der Waals surface area contributed by atoms with Gasteiger partial charge in [0.05, 0.1) is 6.10 Å². The SMILES string of the molecule is O=C(c1cnc(C23CC4CC(CC(C4)C2)C3)[nH]c1=O)N1CCC[C@@H](O)C1. The molecule has 1 amide bonds. The van der Waals surface area contributed by atoms with E-state index in [1.54, 1.807) is 4.90 Å². The van der Waals surface area contributed by atoms with Crippen LogP contribution in [0.2, 0.25) is 0 Å². The highest BCUT2D eigenvalue weighted by molar-refractivity contribution is 5.93. The third-order valence-electron chi connectivity index (χ3n) is 7.25. The van der Waals surface area contributed by atoms with Crippen LogP contribution in [0.4, 0.5) is 0 Å². The van der Waals surface area contributed by atoms with Gasteiger partial charge in [-0.1, -0.05) is 0 Å². The first-order valence-electron chi connectivity index (χ1n) is 10.1. The predicted octanol–water partition coefficient (Wildman–Crippen LogP) is 1.83. The Morgan fingerprint density at radius 3 is 2.42 bits per heavy atom. The average Bonchev–Trinajstić information content (AvgIpc) is 2.60. The molecule has 2 heterocycles. The van der Waals surface area contributed by atoms with Gasteiger partial charge in [0.15, 0.2) is 0 Å². The highest BCUT2D eigenvalue weighted by Crippen LogP contribution is 2.59. The summed E-state index contributed by atoms with van der Waals surface area (Å²) < 4.78 is 0. The van der Waals surface area contributed by atoms with Crippen LogP contribution in [0.25, 0.3) is 0 Å². The zero-order chi connectivity index (χ0) is 17.9. The number of hydrogen-bond donors (Lipinski definition) is 2. The second-order valence-corrected chi connectivity index (χ2v) is 9.22. The fraction of sp³-hybridized carbons (Fsp3) is 0.750. The van der Waals surface area contributed by atoms with Crippen LogP contribution in [0.1, 0.15) is 67.5 Å². The number of amides is 1. The molecule has 1 aromatic rings. The molecular formula is C20H27N3O3. The van der Waals surface area contributed by atoms with Crippen LogP contribution in [0.5, 0.6) is 0 Å². The molecule has 4 aliphatic carbocycles. The van der Waals surface area contributed by atoms with Gasteiger partial charge in [-0.15, -0.1) is 0 Å². The number of aliphatic hydroxyl groups excluding tert-OH is 1. The van der Waals surface area contributed by atoms with Crippen LogP contribution in [0.3, 0.4) is 0 Å². The third-order valence-corrected chi connectivity index (χ3v) is 7.25. The van der Waals surface area contributed by atoms with Gasteiger partial charge in [0.25, 0.3) is 11.5 Å². The Hall–Kier alpha value is -1.69. The van der Waals surface area contributed by atoms with Gasteiger partial charge in [-0.2, -0.15) is 0 Å². The number of rotatable bonds is 2. The number of nitrogens with zero attached hydrogens (tertiary/aromatic N) is 2. The zero-order valence-electron chi connectivity index (χ0n) is 15.1. The fourth-order valence-electron chi connectivity index (χ4n) is 6.53. The van der Waals surface area contributed by atoms with E-state index in [9.17, 15) is 14.7 Å². The number of aliphatic hydroxyl groups is 1. The second-order valence-electron chi connectivity index (χ2n) is 9.22. The van der Waals surface area contributed by atoms with Crippen molar-refractivity contribution >= 4 is 5.91 Å². The number of aromatic nitrogens is 2. The van der Waals surface area contributed by atoms with E-state index in [1.807, 2.05) is 0 Å². The smallest absolute Gasteiger partial charge is 0.263 e. The van der Waals surface area contributed by atoms with Crippen LogP contribution in [-0.2, 0) is 5.41 Å². The number of H-pyrrole nitrogens is 1. The number of carbonyl (C=O) groups is 1. The predicted molar refractivity (Wildman–Crippen MR) is 95.9 cm³/mol. The normalized spacial score (nSPS) is 38.6. The zero-order valence-corrected chi connectivity index (χ0v) is 15.1. The van der Waals surface area contributed by atoms with E-state index < -0.39 is 6.10 Å². The second kappa shape index (κ2) is 5.91. The monoisotopic (exact) mass is 357 g/mol. The minimum atomic E-state index is -0.494. The number of hydrogen-bond acceptors (Lipinski definition) is 4. The van der Waals surface area contributed by atoms with Gasteiger partial charge >= 0.3 is 0 Å². The van der Waals surface area contributed by atoms with E-state index in [4.69, 9.17) is 0 Å². The molecule has 6 nitrogen and oxygen atoms in total. The lowest BCUT2D eigenvalue weighted by atomic mass is 9.49. The van der Waals surface area contributed by atoms with Crippen molar-refractivity contribution in [1.82, 2.24) is 14.9 Å². The molecule has 4 bridgehead atoms. The molecule has 140 valence electrons. The number of carbonyl (C=O) groups excluding carboxylic acids is 1. The summed E-state index contributed by atoms with van der Waals surface area (Å²) in [6.07, 6.45) is 9.90. The van der Waals surface area contributed by atoms with Crippen LogP contribution in [-0.4, -0.2) is 45.1 Å². The quantitative estimate of drug-likeness (QED) is 0.845. The molecule has 0 unspecified atom stereocenters. The lowest BCUT2D eigenvalue weighted by molar-refractivity contribution is -0.00955. The Labute approximate surface area is 153 Å². The van der Waals surface area contributed by atoms with Gasteiger partial charge in [0.1, 0.15) is 11.4 Å². The topological polar surface area (TPSA) is 86.3 Å². The summed E-state index contributed by atoms with van der Waals surface area (Å²) in [5.74, 6) is 2.83. The maximum atomic E-state index is 12.7. The molecule has 5 aliphatic rings. The molecule has 0 aromatic carbocycles. The number of nitrogens with one attached hydrogen (secondary N) is 1. The Bertz CT molecular complexity index is 751. The van der Waals surface area contributed by atoms with Gasteiger partial charge in [-0.3, -0.25) is 9.59 Å². The first-order chi connectivity index (χ1) is 12.5. The van der Waals surface area contributed by atoms with Gasteiger partial charge in [-0.25, -0.2) is 4.98 Å². The van der Waals surface area contributed by atoms with Crippen molar-refractivity contribution in [3.63, 3.8) is 0 Å².